The van der Waals surface area contributed by atoms with Crippen LogP contribution in [0.4, 0.5) is 18.9 Å². The fourth-order valence-electron chi connectivity index (χ4n) is 2.44. The van der Waals surface area contributed by atoms with Crippen LogP contribution in [0.1, 0.15) is 25.0 Å². The number of benzene rings is 1. The third-order valence-corrected chi connectivity index (χ3v) is 3.50. The summed E-state index contributed by atoms with van der Waals surface area (Å²) < 4.78 is 39.6. The SMILES string of the molecule is CC1CN(c2ccc(C#N)cc2C(F)(F)F)C(C)CN1. The summed E-state index contributed by atoms with van der Waals surface area (Å²) in [6.07, 6.45) is -4.46. The standard InChI is InChI=1S/C14H16F3N3/c1-9-8-20(10(2)7-19-9)13-4-3-11(6-18)5-12(13)14(15,16)17/h3-5,9-10,19H,7-8H2,1-2H3. The number of nitriles is 1. The van der Waals surface area contributed by atoms with Crippen LogP contribution in [-0.4, -0.2) is 25.2 Å². The van der Waals surface area contributed by atoms with Crippen molar-refractivity contribution >= 4 is 5.69 Å². The van der Waals surface area contributed by atoms with Crippen LogP contribution in [0.15, 0.2) is 18.2 Å². The van der Waals surface area contributed by atoms with Gasteiger partial charge in [0.15, 0.2) is 0 Å². The van der Waals surface area contributed by atoms with E-state index in [-0.39, 0.29) is 23.3 Å². The maximum absolute atomic E-state index is 13.2. The summed E-state index contributed by atoms with van der Waals surface area (Å²) in [5.41, 5.74) is -0.563. The topological polar surface area (TPSA) is 39.1 Å². The number of hydrogen-bond donors (Lipinski definition) is 1. The summed E-state index contributed by atoms with van der Waals surface area (Å²) in [5.74, 6) is 0. The minimum atomic E-state index is -4.46. The lowest BCUT2D eigenvalue weighted by atomic mass is 10.0. The molecule has 1 aliphatic rings. The number of piperazine rings is 1. The molecule has 1 saturated heterocycles. The van der Waals surface area contributed by atoms with Crippen LogP contribution in [0.3, 0.4) is 0 Å². The molecule has 2 atom stereocenters. The van der Waals surface area contributed by atoms with E-state index in [1.54, 1.807) is 11.0 Å². The highest BCUT2D eigenvalue weighted by atomic mass is 19.4. The van der Waals surface area contributed by atoms with Crippen molar-refractivity contribution in [1.29, 1.82) is 5.26 Å². The van der Waals surface area contributed by atoms with Gasteiger partial charge in [-0.15, -0.1) is 0 Å². The van der Waals surface area contributed by atoms with E-state index in [9.17, 15) is 13.2 Å². The van der Waals surface area contributed by atoms with Crippen LogP contribution in [0.2, 0.25) is 0 Å². The molecular formula is C14H16F3N3. The van der Waals surface area contributed by atoms with Crippen LogP contribution < -0.4 is 10.2 Å². The Morgan fingerprint density at radius 3 is 2.65 bits per heavy atom. The monoisotopic (exact) mass is 283 g/mol. The van der Waals surface area contributed by atoms with Crippen molar-refractivity contribution in [3.8, 4) is 6.07 Å². The van der Waals surface area contributed by atoms with Gasteiger partial charge < -0.3 is 10.2 Å². The number of halogens is 3. The van der Waals surface area contributed by atoms with Crippen LogP contribution >= 0.6 is 0 Å². The van der Waals surface area contributed by atoms with Gasteiger partial charge in [-0.2, -0.15) is 18.4 Å². The van der Waals surface area contributed by atoms with E-state index >= 15 is 0 Å². The Morgan fingerprint density at radius 2 is 2.05 bits per heavy atom. The summed E-state index contributed by atoms with van der Waals surface area (Å²) in [7, 11) is 0. The Hall–Kier alpha value is -1.74. The molecule has 108 valence electrons. The number of alkyl halides is 3. The lowest BCUT2D eigenvalue weighted by Crippen LogP contribution is -2.54. The van der Waals surface area contributed by atoms with Crippen molar-refractivity contribution in [3.63, 3.8) is 0 Å². The summed E-state index contributed by atoms with van der Waals surface area (Å²) in [5, 5.41) is 12.0. The minimum Gasteiger partial charge on any atom is -0.366 e. The van der Waals surface area contributed by atoms with Crippen LogP contribution in [0.5, 0.6) is 0 Å². The van der Waals surface area contributed by atoms with Crippen molar-refractivity contribution in [2.75, 3.05) is 18.0 Å². The molecule has 0 bridgehead atoms. The van der Waals surface area contributed by atoms with Crippen LogP contribution in [0.25, 0.3) is 0 Å². The summed E-state index contributed by atoms with van der Waals surface area (Å²) in [6.45, 7) is 4.97. The molecule has 3 nitrogen and oxygen atoms in total. The van der Waals surface area contributed by atoms with E-state index < -0.39 is 11.7 Å². The average molecular weight is 283 g/mol. The molecule has 1 N–H and O–H groups in total. The third kappa shape index (κ3) is 2.88. The highest BCUT2D eigenvalue weighted by molar-refractivity contribution is 5.59. The molecule has 1 aromatic rings. The predicted octanol–water partition coefficient (Wildman–Crippen LogP) is 2.76. The minimum absolute atomic E-state index is 0.0249. The Bertz CT molecular complexity index is 533. The fraction of sp³-hybridized carbons (Fsp3) is 0.500. The van der Waals surface area contributed by atoms with Gasteiger partial charge in [0.25, 0.3) is 0 Å². The quantitative estimate of drug-likeness (QED) is 0.861. The largest absolute Gasteiger partial charge is 0.418 e. The van der Waals surface area contributed by atoms with Gasteiger partial charge in [-0.3, -0.25) is 0 Å². The molecule has 20 heavy (non-hydrogen) atoms. The Labute approximate surface area is 116 Å². The molecule has 0 aliphatic carbocycles. The van der Waals surface area contributed by atoms with E-state index in [2.05, 4.69) is 5.32 Å². The Kier molecular flexibility index (Phi) is 3.91. The lowest BCUT2D eigenvalue weighted by Gasteiger charge is -2.40. The Balaban J connectivity index is 2.47. The molecule has 1 fully saturated rings. The number of rotatable bonds is 1. The molecule has 6 heteroatoms. The van der Waals surface area contributed by atoms with Crippen molar-refractivity contribution < 1.29 is 13.2 Å². The molecule has 1 aromatic carbocycles. The van der Waals surface area contributed by atoms with Crippen LogP contribution in [0, 0.1) is 11.3 Å². The smallest absolute Gasteiger partial charge is 0.366 e. The maximum Gasteiger partial charge on any atom is 0.418 e. The molecule has 1 aliphatic heterocycles. The van der Waals surface area contributed by atoms with Gasteiger partial charge in [0, 0.05) is 30.9 Å². The zero-order chi connectivity index (χ0) is 14.9. The van der Waals surface area contributed by atoms with Gasteiger partial charge in [-0.25, -0.2) is 0 Å². The van der Waals surface area contributed by atoms with Crippen molar-refractivity contribution in [2.24, 2.45) is 0 Å². The first-order chi connectivity index (χ1) is 9.32. The van der Waals surface area contributed by atoms with Crippen LogP contribution in [-0.2, 0) is 6.18 Å². The molecule has 0 radical (unpaired) electrons. The zero-order valence-corrected chi connectivity index (χ0v) is 11.3. The van der Waals surface area contributed by atoms with Crippen molar-refractivity contribution in [1.82, 2.24) is 5.32 Å². The molecule has 1 heterocycles. The van der Waals surface area contributed by atoms with Gasteiger partial charge in [0.05, 0.1) is 17.2 Å². The fourth-order valence-corrected chi connectivity index (χ4v) is 2.44. The zero-order valence-electron chi connectivity index (χ0n) is 11.3. The average Bonchev–Trinajstić information content (AvgIpc) is 2.40. The van der Waals surface area contributed by atoms with E-state index in [1.165, 1.54) is 12.1 Å². The van der Waals surface area contributed by atoms with Gasteiger partial charge in [0.1, 0.15) is 0 Å². The first-order valence-corrected chi connectivity index (χ1v) is 6.44. The summed E-state index contributed by atoms with van der Waals surface area (Å²) in [6, 6.07) is 5.62. The number of anilines is 1. The van der Waals surface area contributed by atoms with Crippen molar-refractivity contribution in [2.45, 2.75) is 32.1 Å². The molecule has 0 spiro atoms. The molecule has 2 unspecified atom stereocenters. The second-order valence-electron chi connectivity index (χ2n) is 5.15. The first kappa shape index (κ1) is 14.7. The molecule has 0 aromatic heterocycles. The highest BCUT2D eigenvalue weighted by Crippen LogP contribution is 2.38. The van der Waals surface area contributed by atoms with E-state index in [0.717, 1.165) is 6.07 Å². The number of nitrogens with one attached hydrogen (secondary N) is 1. The normalized spacial score (nSPS) is 23.5. The van der Waals surface area contributed by atoms with Gasteiger partial charge in [-0.05, 0) is 32.0 Å². The molecule has 0 saturated carbocycles. The molecule has 2 rings (SSSR count). The maximum atomic E-state index is 13.2. The molecule has 0 amide bonds. The Morgan fingerprint density at radius 1 is 1.35 bits per heavy atom. The van der Waals surface area contributed by atoms with Gasteiger partial charge in [-0.1, -0.05) is 0 Å². The highest BCUT2D eigenvalue weighted by Gasteiger charge is 2.37. The lowest BCUT2D eigenvalue weighted by molar-refractivity contribution is -0.137. The van der Waals surface area contributed by atoms with Gasteiger partial charge in [0.2, 0.25) is 0 Å². The van der Waals surface area contributed by atoms with E-state index in [4.69, 9.17) is 5.26 Å². The van der Waals surface area contributed by atoms with E-state index in [1.807, 2.05) is 13.8 Å². The summed E-state index contributed by atoms with van der Waals surface area (Å²) >= 11 is 0. The second kappa shape index (κ2) is 5.33. The van der Waals surface area contributed by atoms with Gasteiger partial charge >= 0.3 is 6.18 Å². The van der Waals surface area contributed by atoms with Crippen molar-refractivity contribution in [3.05, 3.63) is 29.3 Å². The first-order valence-electron chi connectivity index (χ1n) is 6.44. The van der Waals surface area contributed by atoms with E-state index in [0.29, 0.717) is 13.1 Å². The summed E-state index contributed by atoms with van der Waals surface area (Å²) in [4.78, 5) is 1.76. The number of nitrogens with zero attached hydrogens (tertiary/aromatic N) is 2. The predicted molar refractivity (Wildman–Crippen MR) is 70.4 cm³/mol. The third-order valence-electron chi connectivity index (χ3n) is 3.50. The molecular weight excluding hydrogens is 267 g/mol. The number of hydrogen-bond acceptors (Lipinski definition) is 3. The second-order valence-corrected chi connectivity index (χ2v) is 5.15.